The van der Waals surface area contributed by atoms with Crippen LogP contribution in [0, 0.1) is 6.92 Å². The third-order valence-corrected chi connectivity index (χ3v) is 5.32. The second kappa shape index (κ2) is 6.69. The summed E-state index contributed by atoms with van der Waals surface area (Å²) in [6.45, 7) is 1.87. The first-order valence-electron chi connectivity index (χ1n) is 6.54. The topological polar surface area (TPSA) is 56.5 Å². The van der Waals surface area contributed by atoms with E-state index in [4.69, 9.17) is 11.6 Å². The Morgan fingerprint density at radius 1 is 1.33 bits per heavy atom. The summed E-state index contributed by atoms with van der Waals surface area (Å²) in [7, 11) is 0. The molecule has 0 aliphatic heterocycles. The minimum atomic E-state index is -4.57. The van der Waals surface area contributed by atoms with Gasteiger partial charge >= 0.3 is 6.18 Å². The van der Waals surface area contributed by atoms with Crippen LogP contribution < -0.4 is 0 Å². The van der Waals surface area contributed by atoms with Crippen LogP contribution in [-0.4, -0.2) is 25.2 Å². The fourth-order valence-electron chi connectivity index (χ4n) is 1.93. The number of nitrogens with zero attached hydrogens (tertiary/aromatic N) is 5. The molecule has 3 aromatic rings. The fraction of sp³-hybridized carbons (Fsp3) is 0.231. The van der Waals surface area contributed by atoms with Crippen molar-refractivity contribution in [2.24, 2.45) is 0 Å². The number of rotatable bonds is 4. The maximum atomic E-state index is 13.3. The van der Waals surface area contributed by atoms with Crippen LogP contribution in [-0.2, 0) is 11.9 Å². The lowest BCUT2D eigenvalue weighted by Crippen LogP contribution is -2.13. The van der Waals surface area contributed by atoms with Gasteiger partial charge in [-0.15, -0.1) is 16.4 Å². The van der Waals surface area contributed by atoms with Gasteiger partial charge in [-0.1, -0.05) is 23.4 Å². The van der Waals surface area contributed by atoms with E-state index in [-0.39, 0.29) is 10.7 Å². The average molecular weight is 392 g/mol. The average Bonchev–Trinajstić information content (AvgIpc) is 3.13. The molecular weight excluding hydrogens is 383 g/mol. The zero-order valence-electron chi connectivity index (χ0n) is 12.1. The van der Waals surface area contributed by atoms with Crippen molar-refractivity contribution in [1.82, 2.24) is 25.2 Å². The maximum absolute atomic E-state index is 13.3. The Labute approximate surface area is 147 Å². The molecule has 1 aromatic carbocycles. The zero-order chi connectivity index (χ0) is 17.3. The summed E-state index contributed by atoms with van der Waals surface area (Å²) in [5.41, 5.74) is -0.166. The molecule has 0 aliphatic carbocycles. The van der Waals surface area contributed by atoms with Crippen LogP contribution in [0.4, 0.5) is 13.2 Å². The number of thiazole rings is 1. The molecule has 0 saturated carbocycles. The highest BCUT2D eigenvalue weighted by Gasteiger charge is 2.35. The van der Waals surface area contributed by atoms with E-state index in [1.54, 1.807) is 0 Å². The third kappa shape index (κ3) is 3.70. The number of halogens is 4. The molecule has 11 heteroatoms. The van der Waals surface area contributed by atoms with E-state index in [0.29, 0.717) is 11.6 Å². The number of hydrogen-bond donors (Lipinski definition) is 0. The summed E-state index contributed by atoms with van der Waals surface area (Å²) in [6, 6.07) is 3.48. The molecule has 24 heavy (non-hydrogen) atoms. The molecule has 0 bridgehead atoms. The van der Waals surface area contributed by atoms with Crippen LogP contribution in [0.5, 0.6) is 0 Å². The maximum Gasteiger partial charge on any atom is 0.418 e. The molecule has 0 amide bonds. The Bertz CT molecular complexity index is 861. The van der Waals surface area contributed by atoms with Gasteiger partial charge in [-0.05, 0) is 35.5 Å². The van der Waals surface area contributed by atoms with Gasteiger partial charge in [-0.2, -0.15) is 17.9 Å². The molecule has 126 valence electrons. The lowest BCUT2D eigenvalue weighted by atomic mass is 10.1. The molecule has 2 aromatic heterocycles. The van der Waals surface area contributed by atoms with E-state index in [1.807, 2.05) is 12.3 Å². The highest BCUT2D eigenvalue weighted by molar-refractivity contribution is 8.00. The zero-order valence-corrected chi connectivity index (χ0v) is 14.5. The van der Waals surface area contributed by atoms with E-state index in [0.717, 1.165) is 20.8 Å². The van der Waals surface area contributed by atoms with Crippen molar-refractivity contribution >= 4 is 34.7 Å². The van der Waals surface area contributed by atoms with Crippen molar-refractivity contribution in [1.29, 1.82) is 0 Å². The largest absolute Gasteiger partial charge is 0.418 e. The summed E-state index contributed by atoms with van der Waals surface area (Å²) >= 11 is 8.52. The van der Waals surface area contributed by atoms with Gasteiger partial charge in [-0.3, -0.25) is 0 Å². The van der Waals surface area contributed by atoms with Crippen LogP contribution in [0.15, 0.2) is 27.9 Å². The van der Waals surface area contributed by atoms with E-state index >= 15 is 0 Å². The smallest absolute Gasteiger partial charge is 0.235 e. The number of thioether (sulfide) groups is 1. The van der Waals surface area contributed by atoms with Gasteiger partial charge in [0.1, 0.15) is 0 Å². The van der Waals surface area contributed by atoms with E-state index in [2.05, 4.69) is 20.5 Å². The molecule has 0 aliphatic rings. The van der Waals surface area contributed by atoms with Crippen molar-refractivity contribution in [3.8, 4) is 5.69 Å². The molecule has 0 radical (unpaired) electrons. The van der Waals surface area contributed by atoms with Gasteiger partial charge in [-0.25, -0.2) is 4.98 Å². The lowest BCUT2D eigenvalue weighted by Gasteiger charge is -2.13. The molecule has 0 fully saturated rings. The van der Waals surface area contributed by atoms with Crippen LogP contribution >= 0.6 is 34.7 Å². The first-order chi connectivity index (χ1) is 11.3. The predicted molar refractivity (Wildman–Crippen MR) is 85.6 cm³/mol. The van der Waals surface area contributed by atoms with Crippen LogP contribution in [0.3, 0.4) is 0 Å². The van der Waals surface area contributed by atoms with Crippen LogP contribution in [0.1, 0.15) is 17.1 Å². The quantitative estimate of drug-likeness (QED) is 0.617. The number of aryl methyl sites for hydroxylation is 1. The first-order valence-corrected chi connectivity index (χ1v) is 8.78. The minimum absolute atomic E-state index is 0.00617. The molecule has 3 rings (SSSR count). The van der Waals surface area contributed by atoms with Crippen LogP contribution in [0.25, 0.3) is 5.69 Å². The summed E-state index contributed by atoms with van der Waals surface area (Å²) in [4.78, 5) is 4.29. The van der Waals surface area contributed by atoms with E-state index < -0.39 is 11.7 Å². The SMILES string of the molecule is Cc1csc(SCc2nnnn2-c2ccc(Cl)cc2C(F)(F)F)n1. The first kappa shape index (κ1) is 17.2. The molecule has 2 heterocycles. The Morgan fingerprint density at radius 2 is 2.12 bits per heavy atom. The minimum Gasteiger partial charge on any atom is -0.235 e. The van der Waals surface area contributed by atoms with Gasteiger partial charge in [0.25, 0.3) is 0 Å². The van der Waals surface area contributed by atoms with Crippen molar-refractivity contribution < 1.29 is 13.2 Å². The molecule has 0 spiro atoms. The third-order valence-electron chi connectivity index (χ3n) is 2.95. The lowest BCUT2D eigenvalue weighted by molar-refractivity contribution is -0.137. The molecule has 5 nitrogen and oxygen atoms in total. The number of benzene rings is 1. The van der Waals surface area contributed by atoms with Crippen molar-refractivity contribution in [2.75, 3.05) is 0 Å². The highest BCUT2D eigenvalue weighted by Crippen LogP contribution is 2.36. The van der Waals surface area contributed by atoms with Crippen molar-refractivity contribution in [3.05, 3.63) is 45.7 Å². The Morgan fingerprint density at radius 3 is 2.79 bits per heavy atom. The van der Waals surface area contributed by atoms with Crippen molar-refractivity contribution in [2.45, 2.75) is 23.2 Å². The van der Waals surface area contributed by atoms with Gasteiger partial charge in [0.05, 0.1) is 17.0 Å². The number of tetrazole rings is 1. The normalized spacial score (nSPS) is 11.9. The number of aromatic nitrogens is 5. The summed E-state index contributed by atoms with van der Waals surface area (Å²) in [6.07, 6.45) is -4.57. The molecule has 0 atom stereocenters. The van der Waals surface area contributed by atoms with E-state index in [1.165, 1.54) is 35.2 Å². The number of alkyl halides is 3. The summed E-state index contributed by atoms with van der Waals surface area (Å²) in [5, 5.41) is 12.9. The fourth-order valence-corrected chi connectivity index (χ4v) is 3.86. The van der Waals surface area contributed by atoms with Gasteiger partial charge < -0.3 is 0 Å². The van der Waals surface area contributed by atoms with E-state index in [9.17, 15) is 13.2 Å². The number of hydrogen-bond acceptors (Lipinski definition) is 6. The Balaban J connectivity index is 1.93. The standard InChI is InChI=1S/C13H9ClF3N5S2/c1-7-5-23-12(18-7)24-6-11-19-20-21-22(11)10-3-2-8(14)4-9(10)13(15,16)17/h2-5H,6H2,1H3. The summed E-state index contributed by atoms with van der Waals surface area (Å²) in [5.74, 6) is 0.584. The molecule has 0 N–H and O–H groups in total. The van der Waals surface area contributed by atoms with Gasteiger partial charge in [0, 0.05) is 16.1 Å². The van der Waals surface area contributed by atoms with Crippen molar-refractivity contribution in [3.63, 3.8) is 0 Å². The monoisotopic (exact) mass is 391 g/mol. The highest BCUT2D eigenvalue weighted by atomic mass is 35.5. The van der Waals surface area contributed by atoms with Gasteiger partial charge in [0.15, 0.2) is 10.2 Å². The van der Waals surface area contributed by atoms with Gasteiger partial charge in [0.2, 0.25) is 0 Å². The molecule has 0 unspecified atom stereocenters. The molecular formula is C13H9ClF3N5S2. The Hall–Kier alpha value is -1.65. The molecule has 0 saturated heterocycles. The Kier molecular flexibility index (Phi) is 4.79. The predicted octanol–water partition coefficient (Wildman–Crippen LogP) is 4.39. The second-order valence-electron chi connectivity index (χ2n) is 4.71. The second-order valence-corrected chi connectivity index (χ2v) is 7.23. The summed E-state index contributed by atoms with van der Waals surface area (Å²) < 4.78 is 41.6. The van der Waals surface area contributed by atoms with Crippen LogP contribution in [0.2, 0.25) is 5.02 Å².